The van der Waals surface area contributed by atoms with Gasteiger partial charge in [0.2, 0.25) is 11.8 Å². The van der Waals surface area contributed by atoms with E-state index in [-0.39, 0.29) is 5.91 Å². The van der Waals surface area contributed by atoms with E-state index in [1.807, 2.05) is 12.1 Å². The monoisotopic (exact) mass is 278 g/mol. The van der Waals surface area contributed by atoms with E-state index in [1.54, 1.807) is 13.3 Å². The zero-order valence-electron chi connectivity index (χ0n) is 11.9. The number of ether oxygens (including phenoxy) is 1. The Balaban J connectivity index is 1.76. The summed E-state index contributed by atoms with van der Waals surface area (Å²) in [5, 5.41) is 6.26. The maximum atomic E-state index is 11.9. The van der Waals surface area contributed by atoms with Crippen molar-refractivity contribution in [3.8, 4) is 5.88 Å². The molecule has 6 nitrogen and oxygen atoms in total. The van der Waals surface area contributed by atoms with Gasteiger partial charge in [-0.1, -0.05) is 0 Å². The van der Waals surface area contributed by atoms with E-state index >= 15 is 0 Å². The molecule has 0 unspecified atom stereocenters. The number of aromatic nitrogens is 1. The molecule has 6 heteroatoms. The van der Waals surface area contributed by atoms with Crippen LogP contribution in [0.4, 0.5) is 0 Å². The van der Waals surface area contributed by atoms with Crippen LogP contribution in [0.5, 0.6) is 5.88 Å². The van der Waals surface area contributed by atoms with Crippen LogP contribution >= 0.6 is 0 Å². The van der Waals surface area contributed by atoms with Crippen LogP contribution in [0.2, 0.25) is 0 Å². The lowest BCUT2D eigenvalue weighted by molar-refractivity contribution is -0.122. The molecule has 2 heterocycles. The number of nitrogens with zero attached hydrogens (tertiary/aromatic N) is 2. The molecule has 0 bridgehead atoms. The Labute approximate surface area is 119 Å². The molecule has 1 aliphatic rings. The lowest BCUT2D eigenvalue weighted by atomic mass is 10.2. The summed E-state index contributed by atoms with van der Waals surface area (Å²) >= 11 is 0. The van der Waals surface area contributed by atoms with Gasteiger partial charge in [-0.25, -0.2) is 4.98 Å². The van der Waals surface area contributed by atoms with Crippen molar-refractivity contribution in [1.29, 1.82) is 0 Å². The van der Waals surface area contributed by atoms with Gasteiger partial charge in [0, 0.05) is 31.9 Å². The maximum absolute atomic E-state index is 11.9. The normalized spacial score (nSPS) is 16.4. The van der Waals surface area contributed by atoms with Crippen molar-refractivity contribution in [3.63, 3.8) is 0 Å². The van der Waals surface area contributed by atoms with Gasteiger partial charge in [-0.2, -0.15) is 0 Å². The molecule has 2 N–H and O–H groups in total. The van der Waals surface area contributed by atoms with Crippen LogP contribution in [0.15, 0.2) is 18.3 Å². The molecule has 0 aliphatic carbocycles. The minimum atomic E-state index is 0.0580. The van der Waals surface area contributed by atoms with E-state index in [4.69, 9.17) is 4.74 Å². The van der Waals surface area contributed by atoms with E-state index in [9.17, 15) is 4.79 Å². The average molecular weight is 278 g/mol. The maximum Gasteiger partial charge on any atom is 0.234 e. The van der Waals surface area contributed by atoms with Gasteiger partial charge in [0.15, 0.2) is 0 Å². The molecule has 1 saturated heterocycles. The lowest BCUT2D eigenvalue weighted by Crippen LogP contribution is -2.38. The van der Waals surface area contributed by atoms with Crippen molar-refractivity contribution in [2.45, 2.75) is 13.0 Å². The van der Waals surface area contributed by atoms with Gasteiger partial charge < -0.3 is 15.4 Å². The Kier molecular flexibility index (Phi) is 5.76. The second-order valence-electron chi connectivity index (χ2n) is 4.86. The van der Waals surface area contributed by atoms with Gasteiger partial charge in [-0.05, 0) is 31.1 Å². The number of methoxy groups -OCH3 is 1. The highest BCUT2D eigenvalue weighted by atomic mass is 16.5. The van der Waals surface area contributed by atoms with Crippen molar-refractivity contribution >= 4 is 5.91 Å². The lowest BCUT2D eigenvalue weighted by Gasteiger charge is -2.18. The summed E-state index contributed by atoms with van der Waals surface area (Å²) in [4.78, 5) is 18.2. The van der Waals surface area contributed by atoms with Crippen molar-refractivity contribution in [2.75, 3.05) is 39.8 Å². The number of carbonyl (C=O) groups excluding carboxylic acids is 1. The van der Waals surface area contributed by atoms with Crippen LogP contribution in [0.1, 0.15) is 12.0 Å². The zero-order valence-corrected chi connectivity index (χ0v) is 11.9. The molecular weight excluding hydrogens is 256 g/mol. The van der Waals surface area contributed by atoms with Crippen LogP contribution in [-0.2, 0) is 11.3 Å². The molecule has 110 valence electrons. The second-order valence-corrected chi connectivity index (χ2v) is 4.86. The molecule has 1 fully saturated rings. The summed E-state index contributed by atoms with van der Waals surface area (Å²) in [6.45, 7) is 4.86. The summed E-state index contributed by atoms with van der Waals surface area (Å²) in [7, 11) is 1.58. The van der Waals surface area contributed by atoms with E-state index < -0.39 is 0 Å². The van der Waals surface area contributed by atoms with Crippen LogP contribution in [0, 0.1) is 0 Å². The quantitative estimate of drug-likeness (QED) is 0.794. The van der Waals surface area contributed by atoms with Gasteiger partial charge >= 0.3 is 0 Å². The molecule has 0 saturated carbocycles. The van der Waals surface area contributed by atoms with Crippen LogP contribution in [-0.4, -0.2) is 55.6 Å². The Morgan fingerprint density at radius 3 is 3.25 bits per heavy atom. The fourth-order valence-corrected chi connectivity index (χ4v) is 2.19. The highest BCUT2D eigenvalue weighted by molar-refractivity contribution is 5.78. The van der Waals surface area contributed by atoms with Crippen LogP contribution in [0.3, 0.4) is 0 Å². The Morgan fingerprint density at radius 2 is 2.40 bits per heavy atom. The van der Waals surface area contributed by atoms with Gasteiger partial charge in [-0.3, -0.25) is 9.69 Å². The third kappa shape index (κ3) is 4.79. The zero-order chi connectivity index (χ0) is 14.2. The smallest absolute Gasteiger partial charge is 0.234 e. The van der Waals surface area contributed by atoms with E-state index in [1.165, 1.54) is 0 Å². The second kappa shape index (κ2) is 7.81. The van der Waals surface area contributed by atoms with Crippen LogP contribution in [0.25, 0.3) is 0 Å². The first-order valence-electron chi connectivity index (χ1n) is 6.96. The van der Waals surface area contributed by atoms with Gasteiger partial charge in [0.25, 0.3) is 0 Å². The predicted molar refractivity (Wildman–Crippen MR) is 76.6 cm³/mol. The Bertz CT molecular complexity index is 431. The topological polar surface area (TPSA) is 66.5 Å². The highest BCUT2D eigenvalue weighted by Crippen LogP contribution is 2.07. The molecular formula is C14H22N4O2. The number of hydrogen-bond donors (Lipinski definition) is 2. The summed E-state index contributed by atoms with van der Waals surface area (Å²) < 4.78 is 5.06. The fourth-order valence-electron chi connectivity index (χ4n) is 2.19. The number of nitrogens with one attached hydrogen (secondary N) is 2. The number of hydrogen-bond acceptors (Lipinski definition) is 5. The van der Waals surface area contributed by atoms with Crippen molar-refractivity contribution in [1.82, 2.24) is 20.5 Å². The Morgan fingerprint density at radius 1 is 1.50 bits per heavy atom. The standard InChI is InChI=1S/C14H22N4O2/c1-20-14-9-12(3-5-16-14)10-17-13(19)11-18-7-2-4-15-6-8-18/h3,5,9,15H,2,4,6-8,10-11H2,1H3,(H,17,19). The van der Waals surface area contributed by atoms with Crippen LogP contribution < -0.4 is 15.4 Å². The molecule has 1 amide bonds. The minimum absolute atomic E-state index is 0.0580. The number of pyridine rings is 1. The first-order chi connectivity index (χ1) is 9.78. The molecule has 0 aromatic carbocycles. The fraction of sp³-hybridized carbons (Fsp3) is 0.571. The summed E-state index contributed by atoms with van der Waals surface area (Å²) in [6.07, 6.45) is 2.77. The third-order valence-electron chi connectivity index (χ3n) is 3.30. The molecule has 1 aromatic rings. The highest BCUT2D eigenvalue weighted by Gasteiger charge is 2.12. The molecule has 20 heavy (non-hydrogen) atoms. The van der Waals surface area contributed by atoms with E-state index in [0.29, 0.717) is 19.0 Å². The van der Waals surface area contributed by atoms with Crippen molar-refractivity contribution in [2.24, 2.45) is 0 Å². The average Bonchev–Trinajstić information content (AvgIpc) is 2.74. The van der Waals surface area contributed by atoms with Crippen molar-refractivity contribution in [3.05, 3.63) is 23.9 Å². The summed E-state index contributed by atoms with van der Waals surface area (Å²) in [5.74, 6) is 0.623. The number of rotatable bonds is 5. The van der Waals surface area contributed by atoms with E-state index in [0.717, 1.165) is 38.2 Å². The van der Waals surface area contributed by atoms with Gasteiger partial charge in [0.1, 0.15) is 0 Å². The molecule has 0 atom stereocenters. The minimum Gasteiger partial charge on any atom is -0.481 e. The largest absolute Gasteiger partial charge is 0.481 e. The molecule has 0 radical (unpaired) electrons. The molecule has 1 aromatic heterocycles. The SMILES string of the molecule is COc1cc(CNC(=O)CN2CCCNCC2)ccn1. The van der Waals surface area contributed by atoms with E-state index in [2.05, 4.69) is 20.5 Å². The third-order valence-corrected chi connectivity index (χ3v) is 3.30. The Hall–Kier alpha value is -1.66. The van der Waals surface area contributed by atoms with Gasteiger partial charge in [-0.15, -0.1) is 0 Å². The number of amides is 1. The van der Waals surface area contributed by atoms with Gasteiger partial charge in [0.05, 0.1) is 13.7 Å². The first kappa shape index (κ1) is 14.7. The summed E-state index contributed by atoms with van der Waals surface area (Å²) in [6, 6.07) is 3.70. The number of carbonyl (C=O) groups is 1. The molecule has 2 rings (SSSR count). The summed E-state index contributed by atoms with van der Waals surface area (Å²) in [5.41, 5.74) is 0.989. The predicted octanol–water partition coefficient (Wildman–Crippen LogP) is 0.00170. The van der Waals surface area contributed by atoms with Crippen molar-refractivity contribution < 1.29 is 9.53 Å². The molecule has 0 spiro atoms. The molecule has 1 aliphatic heterocycles. The first-order valence-corrected chi connectivity index (χ1v) is 6.96.